The first-order valence-corrected chi connectivity index (χ1v) is 6.81. The minimum absolute atomic E-state index is 0.423. The molecule has 0 radical (unpaired) electrons. The summed E-state index contributed by atoms with van der Waals surface area (Å²) in [5.41, 5.74) is 5.95. The van der Waals surface area contributed by atoms with Gasteiger partial charge in [-0.05, 0) is 39.2 Å². The Morgan fingerprint density at radius 3 is 2.75 bits per heavy atom. The molecule has 3 heteroatoms. The van der Waals surface area contributed by atoms with Gasteiger partial charge in [-0.2, -0.15) is 0 Å². The summed E-state index contributed by atoms with van der Waals surface area (Å²) in [6, 6.07) is 1.08. The molecule has 0 aliphatic carbocycles. The second-order valence-electron chi connectivity index (χ2n) is 4.99. The molecule has 1 saturated heterocycles. The van der Waals surface area contributed by atoms with Gasteiger partial charge >= 0.3 is 0 Å². The van der Waals surface area contributed by atoms with E-state index in [4.69, 9.17) is 10.5 Å². The summed E-state index contributed by atoms with van der Waals surface area (Å²) in [6.07, 6.45) is 5.87. The lowest BCUT2D eigenvalue weighted by Crippen LogP contribution is -2.45. The van der Waals surface area contributed by atoms with Crippen molar-refractivity contribution in [3.63, 3.8) is 0 Å². The zero-order chi connectivity index (χ0) is 11.8. The molecule has 96 valence electrons. The van der Waals surface area contributed by atoms with Crippen LogP contribution in [0.15, 0.2) is 0 Å². The average Bonchev–Trinajstić information content (AvgIpc) is 2.26. The van der Waals surface area contributed by atoms with Crippen molar-refractivity contribution in [2.75, 3.05) is 26.3 Å². The van der Waals surface area contributed by atoms with Gasteiger partial charge in [0.15, 0.2) is 0 Å². The number of piperidine rings is 1. The van der Waals surface area contributed by atoms with Gasteiger partial charge in [-0.15, -0.1) is 0 Å². The van der Waals surface area contributed by atoms with Crippen molar-refractivity contribution in [1.29, 1.82) is 0 Å². The van der Waals surface area contributed by atoms with Crippen molar-refractivity contribution >= 4 is 0 Å². The Bertz CT molecular complexity index is 175. The van der Waals surface area contributed by atoms with Crippen LogP contribution in [0.4, 0.5) is 0 Å². The highest BCUT2D eigenvalue weighted by atomic mass is 16.5. The highest BCUT2D eigenvalue weighted by molar-refractivity contribution is 4.80. The predicted molar refractivity (Wildman–Crippen MR) is 68.6 cm³/mol. The van der Waals surface area contributed by atoms with Crippen molar-refractivity contribution < 1.29 is 4.74 Å². The summed E-state index contributed by atoms with van der Waals surface area (Å²) < 4.78 is 5.57. The van der Waals surface area contributed by atoms with Crippen molar-refractivity contribution in [3.05, 3.63) is 0 Å². The zero-order valence-electron chi connectivity index (χ0n) is 11.0. The number of nitrogens with zero attached hydrogens (tertiary/aromatic N) is 1. The van der Waals surface area contributed by atoms with E-state index < -0.39 is 0 Å². The van der Waals surface area contributed by atoms with Crippen molar-refractivity contribution in [3.8, 4) is 0 Å². The predicted octanol–water partition coefficient (Wildman–Crippen LogP) is 2.00. The van der Waals surface area contributed by atoms with Crippen LogP contribution in [0.2, 0.25) is 0 Å². The van der Waals surface area contributed by atoms with Gasteiger partial charge in [0.05, 0.1) is 0 Å². The molecule has 0 aromatic heterocycles. The van der Waals surface area contributed by atoms with Gasteiger partial charge in [0.1, 0.15) is 0 Å². The second kappa shape index (κ2) is 8.04. The fraction of sp³-hybridized carbons (Fsp3) is 1.00. The second-order valence-corrected chi connectivity index (χ2v) is 4.99. The molecule has 1 aliphatic heterocycles. The van der Waals surface area contributed by atoms with Crippen molar-refractivity contribution in [1.82, 2.24) is 4.90 Å². The number of ether oxygens (including phenoxy) is 1. The fourth-order valence-electron chi connectivity index (χ4n) is 2.31. The largest absolute Gasteiger partial charge is 0.381 e. The third-order valence-corrected chi connectivity index (χ3v) is 3.43. The Kier molecular flexibility index (Phi) is 7.01. The van der Waals surface area contributed by atoms with E-state index in [1.807, 2.05) is 0 Å². The summed E-state index contributed by atoms with van der Waals surface area (Å²) in [7, 11) is 0. The smallest absolute Gasteiger partial charge is 0.0478 e. The Morgan fingerprint density at radius 2 is 2.06 bits per heavy atom. The van der Waals surface area contributed by atoms with Crippen LogP contribution in [0.25, 0.3) is 0 Å². The van der Waals surface area contributed by atoms with Gasteiger partial charge in [0, 0.05) is 31.8 Å². The SMILES string of the molecule is CCCCOCCCN1CCC(N)CC1C. The van der Waals surface area contributed by atoms with Gasteiger partial charge < -0.3 is 15.4 Å². The maximum atomic E-state index is 5.95. The van der Waals surface area contributed by atoms with Gasteiger partial charge in [-0.1, -0.05) is 13.3 Å². The van der Waals surface area contributed by atoms with Crippen LogP contribution in [0, 0.1) is 0 Å². The van der Waals surface area contributed by atoms with Gasteiger partial charge in [0.25, 0.3) is 0 Å². The van der Waals surface area contributed by atoms with Gasteiger partial charge in [-0.3, -0.25) is 0 Å². The zero-order valence-corrected chi connectivity index (χ0v) is 11.0. The quantitative estimate of drug-likeness (QED) is 0.677. The number of hydrogen-bond acceptors (Lipinski definition) is 3. The number of rotatable bonds is 7. The van der Waals surface area contributed by atoms with Crippen LogP contribution in [0.3, 0.4) is 0 Å². The van der Waals surface area contributed by atoms with Crippen molar-refractivity contribution in [2.24, 2.45) is 5.73 Å². The van der Waals surface area contributed by atoms with Crippen molar-refractivity contribution in [2.45, 2.75) is 58.0 Å². The number of likely N-dealkylation sites (tertiary alicyclic amines) is 1. The Labute approximate surface area is 100 Å². The first-order chi connectivity index (χ1) is 7.74. The summed E-state index contributed by atoms with van der Waals surface area (Å²) in [5, 5.41) is 0. The molecule has 1 rings (SSSR count). The molecule has 1 aliphatic rings. The van der Waals surface area contributed by atoms with E-state index in [-0.39, 0.29) is 0 Å². The lowest BCUT2D eigenvalue weighted by atomic mass is 9.99. The summed E-state index contributed by atoms with van der Waals surface area (Å²) >= 11 is 0. The van der Waals surface area contributed by atoms with E-state index in [1.54, 1.807) is 0 Å². The van der Waals surface area contributed by atoms with Crippen LogP contribution in [-0.4, -0.2) is 43.3 Å². The lowest BCUT2D eigenvalue weighted by molar-refractivity contribution is 0.0980. The summed E-state index contributed by atoms with van der Waals surface area (Å²) in [6.45, 7) is 8.66. The molecule has 0 aromatic rings. The molecule has 1 heterocycles. The lowest BCUT2D eigenvalue weighted by Gasteiger charge is -2.36. The molecule has 1 fully saturated rings. The third kappa shape index (κ3) is 5.28. The summed E-state index contributed by atoms with van der Waals surface area (Å²) in [5.74, 6) is 0. The minimum Gasteiger partial charge on any atom is -0.381 e. The molecule has 3 nitrogen and oxygen atoms in total. The Hall–Kier alpha value is -0.120. The van der Waals surface area contributed by atoms with E-state index in [9.17, 15) is 0 Å². The first-order valence-electron chi connectivity index (χ1n) is 6.81. The molecule has 0 spiro atoms. The first kappa shape index (κ1) is 13.9. The molecule has 0 bridgehead atoms. The summed E-state index contributed by atoms with van der Waals surface area (Å²) in [4.78, 5) is 2.55. The molecular formula is C13H28N2O. The maximum Gasteiger partial charge on any atom is 0.0478 e. The van der Waals surface area contributed by atoms with Crippen LogP contribution in [-0.2, 0) is 4.74 Å². The third-order valence-electron chi connectivity index (χ3n) is 3.43. The van der Waals surface area contributed by atoms with E-state index in [0.29, 0.717) is 12.1 Å². The fourth-order valence-corrected chi connectivity index (χ4v) is 2.31. The van der Waals surface area contributed by atoms with E-state index in [0.717, 1.165) is 39.0 Å². The van der Waals surface area contributed by atoms with Crippen LogP contribution in [0.5, 0.6) is 0 Å². The van der Waals surface area contributed by atoms with Gasteiger partial charge in [0.2, 0.25) is 0 Å². The minimum atomic E-state index is 0.423. The topological polar surface area (TPSA) is 38.5 Å². The highest BCUT2D eigenvalue weighted by Gasteiger charge is 2.22. The molecule has 2 atom stereocenters. The number of hydrogen-bond donors (Lipinski definition) is 1. The van der Waals surface area contributed by atoms with E-state index >= 15 is 0 Å². The monoisotopic (exact) mass is 228 g/mol. The molecule has 0 amide bonds. The highest BCUT2D eigenvalue weighted by Crippen LogP contribution is 2.15. The van der Waals surface area contributed by atoms with Crippen LogP contribution < -0.4 is 5.73 Å². The maximum absolute atomic E-state index is 5.95. The van der Waals surface area contributed by atoms with Gasteiger partial charge in [-0.25, -0.2) is 0 Å². The standard InChI is InChI=1S/C13H28N2O/c1-3-4-9-16-10-5-7-15-8-6-13(14)11-12(15)2/h12-13H,3-11,14H2,1-2H3. The molecule has 2 unspecified atom stereocenters. The Balaban J connectivity index is 2.00. The molecule has 2 N–H and O–H groups in total. The average molecular weight is 228 g/mol. The molecule has 0 saturated carbocycles. The molecule has 16 heavy (non-hydrogen) atoms. The normalized spacial score (nSPS) is 27.2. The van der Waals surface area contributed by atoms with E-state index in [1.165, 1.54) is 19.4 Å². The Morgan fingerprint density at radius 1 is 1.31 bits per heavy atom. The molecule has 0 aromatic carbocycles. The van der Waals surface area contributed by atoms with E-state index in [2.05, 4.69) is 18.7 Å². The number of nitrogens with two attached hydrogens (primary N) is 1. The van der Waals surface area contributed by atoms with Crippen LogP contribution >= 0.6 is 0 Å². The van der Waals surface area contributed by atoms with Crippen LogP contribution in [0.1, 0.15) is 46.0 Å². The number of unbranched alkanes of at least 4 members (excludes halogenated alkanes) is 1. The molecular weight excluding hydrogens is 200 g/mol.